The van der Waals surface area contributed by atoms with Crippen molar-refractivity contribution in [2.24, 2.45) is 0 Å². The van der Waals surface area contributed by atoms with E-state index in [9.17, 15) is 9.59 Å². The Morgan fingerprint density at radius 3 is 2.27 bits per heavy atom. The first-order valence-corrected chi connectivity index (χ1v) is 10.2. The van der Waals surface area contributed by atoms with Crippen LogP contribution in [0.5, 0.6) is 11.5 Å². The van der Waals surface area contributed by atoms with Gasteiger partial charge in [-0.3, -0.25) is 9.59 Å². The van der Waals surface area contributed by atoms with Gasteiger partial charge in [-0.05, 0) is 61.7 Å². The highest BCUT2D eigenvalue weighted by atomic mass is 16.5. The Hall–Kier alpha value is -3.60. The lowest BCUT2D eigenvalue weighted by Gasteiger charge is -2.27. The van der Waals surface area contributed by atoms with E-state index >= 15 is 0 Å². The zero-order valence-corrected chi connectivity index (χ0v) is 16.7. The highest BCUT2D eigenvalue weighted by molar-refractivity contribution is 6.09. The van der Waals surface area contributed by atoms with Crippen molar-refractivity contribution >= 4 is 17.5 Å². The zero-order chi connectivity index (χ0) is 20.8. The Kier molecular flexibility index (Phi) is 6.09. The molecule has 152 valence electrons. The van der Waals surface area contributed by atoms with Crippen LogP contribution < -0.4 is 10.1 Å². The maximum absolute atomic E-state index is 13.0. The number of rotatable bonds is 5. The summed E-state index contributed by atoms with van der Waals surface area (Å²) < 4.78 is 5.82. The van der Waals surface area contributed by atoms with Crippen LogP contribution in [0, 0.1) is 0 Å². The molecule has 1 N–H and O–H groups in total. The van der Waals surface area contributed by atoms with Crippen molar-refractivity contribution in [3.63, 3.8) is 0 Å². The molecule has 4 rings (SSSR count). The first-order chi connectivity index (χ1) is 14.7. The number of hydrogen-bond acceptors (Lipinski definition) is 3. The Morgan fingerprint density at radius 1 is 0.767 bits per heavy atom. The summed E-state index contributed by atoms with van der Waals surface area (Å²) in [6, 6.07) is 23.6. The maximum Gasteiger partial charge on any atom is 0.255 e. The second-order valence-corrected chi connectivity index (χ2v) is 7.30. The van der Waals surface area contributed by atoms with Crippen molar-refractivity contribution in [2.45, 2.75) is 19.3 Å². The SMILES string of the molecule is O=C(Nc1ccccc1C(=O)N1CCCCC1)c1cccc(Oc2ccccc2)c1. The smallest absolute Gasteiger partial charge is 0.255 e. The van der Waals surface area contributed by atoms with Gasteiger partial charge in [0.1, 0.15) is 11.5 Å². The van der Waals surface area contributed by atoms with Crippen molar-refractivity contribution in [2.75, 3.05) is 18.4 Å². The Bertz CT molecular complexity index is 1030. The molecule has 1 saturated heterocycles. The van der Waals surface area contributed by atoms with E-state index < -0.39 is 0 Å². The summed E-state index contributed by atoms with van der Waals surface area (Å²) >= 11 is 0. The number of carbonyl (C=O) groups is 2. The molecule has 2 amide bonds. The molecule has 0 aliphatic carbocycles. The van der Waals surface area contributed by atoms with Gasteiger partial charge in [-0.15, -0.1) is 0 Å². The van der Waals surface area contributed by atoms with Crippen LogP contribution in [0.25, 0.3) is 0 Å². The lowest BCUT2D eigenvalue weighted by molar-refractivity contribution is 0.0725. The average Bonchev–Trinajstić information content (AvgIpc) is 2.80. The number of likely N-dealkylation sites (tertiary alicyclic amines) is 1. The van der Waals surface area contributed by atoms with Crippen molar-refractivity contribution < 1.29 is 14.3 Å². The minimum Gasteiger partial charge on any atom is -0.457 e. The summed E-state index contributed by atoms with van der Waals surface area (Å²) in [5.41, 5.74) is 1.50. The zero-order valence-electron chi connectivity index (χ0n) is 16.7. The minimum atomic E-state index is -0.285. The molecular weight excluding hydrogens is 376 g/mol. The summed E-state index contributed by atoms with van der Waals surface area (Å²) in [4.78, 5) is 27.7. The summed E-state index contributed by atoms with van der Waals surface area (Å²) in [5.74, 6) is 0.957. The maximum atomic E-state index is 13.0. The topological polar surface area (TPSA) is 58.6 Å². The molecule has 5 heteroatoms. The van der Waals surface area contributed by atoms with Crippen LogP contribution in [0.4, 0.5) is 5.69 Å². The Morgan fingerprint density at radius 2 is 1.47 bits per heavy atom. The number of para-hydroxylation sites is 2. The minimum absolute atomic E-state index is 0.0354. The van der Waals surface area contributed by atoms with E-state index in [1.54, 1.807) is 36.4 Å². The molecule has 5 nitrogen and oxygen atoms in total. The second kappa shape index (κ2) is 9.27. The van der Waals surface area contributed by atoms with Crippen LogP contribution in [0.3, 0.4) is 0 Å². The van der Waals surface area contributed by atoms with Gasteiger partial charge in [0.2, 0.25) is 0 Å². The normalized spacial score (nSPS) is 13.5. The van der Waals surface area contributed by atoms with Crippen molar-refractivity contribution in [3.8, 4) is 11.5 Å². The van der Waals surface area contributed by atoms with Gasteiger partial charge < -0.3 is 15.0 Å². The quantitative estimate of drug-likeness (QED) is 0.627. The third-order valence-electron chi connectivity index (χ3n) is 5.12. The number of benzene rings is 3. The fourth-order valence-corrected chi connectivity index (χ4v) is 3.57. The van der Waals surface area contributed by atoms with E-state index in [-0.39, 0.29) is 11.8 Å². The second-order valence-electron chi connectivity index (χ2n) is 7.30. The number of hydrogen-bond donors (Lipinski definition) is 1. The van der Waals surface area contributed by atoms with Crippen LogP contribution in [0.1, 0.15) is 40.0 Å². The van der Waals surface area contributed by atoms with Crippen LogP contribution in [0.2, 0.25) is 0 Å². The molecule has 0 saturated carbocycles. The molecule has 1 aliphatic rings. The molecule has 0 atom stereocenters. The number of carbonyl (C=O) groups excluding carboxylic acids is 2. The third kappa shape index (κ3) is 4.69. The molecule has 3 aromatic carbocycles. The predicted molar refractivity (Wildman–Crippen MR) is 117 cm³/mol. The van der Waals surface area contributed by atoms with Crippen LogP contribution in [-0.4, -0.2) is 29.8 Å². The molecule has 3 aromatic rings. The first kappa shape index (κ1) is 19.7. The summed E-state index contributed by atoms with van der Waals surface area (Å²) in [6.07, 6.45) is 3.20. The van der Waals surface area contributed by atoms with Crippen molar-refractivity contribution in [1.29, 1.82) is 0 Å². The van der Waals surface area contributed by atoms with Gasteiger partial charge in [0, 0.05) is 18.7 Å². The number of ether oxygens (including phenoxy) is 1. The lowest BCUT2D eigenvalue weighted by Crippen LogP contribution is -2.36. The lowest BCUT2D eigenvalue weighted by atomic mass is 10.1. The molecular formula is C25H24N2O3. The number of nitrogens with one attached hydrogen (secondary N) is 1. The van der Waals surface area contributed by atoms with Crippen LogP contribution in [0.15, 0.2) is 78.9 Å². The van der Waals surface area contributed by atoms with Gasteiger partial charge in [0.15, 0.2) is 0 Å². The molecule has 0 spiro atoms. The first-order valence-electron chi connectivity index (χ1n) is 10.2. The summed E-state index contributed by atoms with van der Waals surface area (Å²) in [7, 11) is 0. The van der Waals surface area contributed by atoms with Gasteiger partial charge in [-0.1, -0.05) is 36.4 Å². The van der Waals surface area contributed by atoms with E-state index in [0.717, 1.165) is 32.4 Å². The van der Waals surface area contributed by atoms with Crippen molar-refractivity contribution in [3.05, 3.63) is 90.0 Å². The molecule has 1 heterocycles. The summed E-state index contributed by atoms with van der Waals surface area (Å²) in [5, 5.41) is 2.90. The molecule has 0 unspecified atom stereocenters. The van der Waals surface area contributed by atoms with Gasteiger partial charge in [-0.2, -0.15) is 0 Å². The Labute approximate surface area is 176 Å². The molecule has 1 fully saturated rings. The largest absolute Gasteiger partial charge is 0.457 e. The van der Waals surface area contributed by atoms with E-state index in [1.807, 2.05) is 47.4 Å². The molecule has 0 aromatic heterocycles. The van der Waals surface area contributed by atoms with E-state index in [4.69, 9.17) is 4.74 Å². The van der Waals surface area contributed by atoms with Crippen LogP contribution >= 0.6 is 0 Å². The fraction of sp³-hybridized carbons (Fsp3) is 0.200. The predicted octanol–water partition coefficient (Wildman–Crippen LogP) is 5.36. The molecule has 30 heavy (non-hydrogen) atoms. The number of anilines is 1. The highest BCUT2D eigenvalue weighted by Gasteiger charge is 2.21. The highest BCUT2D eigenvalue weighted by Crippen LogP contribution is 2.24. The Balaban J connectivity index is 1.50. The van der Waals surface area contributed by atoms with Gasteiger partial charge >= 0.3 is 0 Å². The number of piperidine rings is 1. The molecule has 1 aliphatic heterocycles. The fourth-order valence-electron chi connectivity index (χ4n) is 3.57. The van der Waals surface area contributed by atoms with E-state index in [0.29, 0.717) is 28.3 Å². The molecule has 0 radical (unpaired) electrons. The van der Waals surface area contributed by atoms with Crippen LogP contribution in [-0.2, 0) is 0 Å². The van der Waals surface area contributed by atoms with Gasteiger partial charge in [0.25, 0.3) is 11.8 Å². The van der Waals surface area contributed by atoms with Crippen molar-refractivity contribution in [1.82, 2.24) is 4.90 Å². The monoisotopic (exact) mass is 400 g/mol. The van der Waals surface area contributed by atoms with Gasteiger partial charge in [-0.25, -0.2) is 0 Å². The number of amides is 2. The van der Waals surface area contributed by atoms with Gasteiger partial charge in [0.05, 0.1) is 11.3 Å². The number of nitrogens with zero attached hydrogens (tertiary/aromatic N) is 1. The third-order valence-corrected chi connectivity index (χ3v) is 5.12. The standard InChI is InChI=1S/C25H24N2O3/c28-24(19-10-9-13-21(18-19)30-20-11-3-1-4-12-20)26-23-15-6-5-14-22(23)25(29)27-16-7-2-8-17-27/h1,3-6,9-15,18H,2,7-8,16-17H2,(H,26,28). The van der Waals surface area contributed by atoms with E-state index in [2.05, 4.69) is 5.32 Å². The summed E-state index contributed by atoms with van der Waals surface area (Å²) in [6.45, 7) is 1.53. The van der Waals surface area contributed by atoms with E-state index in [1.165, 1.54) is 0 Å². The average molecular weight is 400 g/mol. The molecule has 0 bridgehead atoms.